The molecule has 0 saturated carbocycles. The molecule has 0 aromatic heterocycles. The molecule has 8 nitrogen and oxygen atoms in total. The van der Waals surface area contributed by atoms with Gasteiger partial charge in [-0.05, 0) is 36.4 Å². The molecule has 0 bridgehead atoms. The Hall–Kier alpha value is -3.07. The lowest BCUT2D eigenvalue weighted by Crippen LogP contribution is -2.49. The Bertz CT molecular complexity index is 955. The fraction of sp³-hybridized carbons (Fsp3) is 0.176. The fourth-order valence-electron chi connectivity index (χ4n) is 2.59. The molecule has 1 heterocycles. The van der Waals surface area contributed by atoms with E-state index in [1.165, 1.54) is 31.4 Å². The van der Waals surface area contributed by atoms with Gasteiger partial charge in [0.25, 0.3) is 15.9 Å². The van der Waals surface area contributed by atoms with Crippen LogP contribution in [0.15, 0.2) is 53.4 Å². The third kappa shape index (κ3) is 3.08. The maximum absolute atomic E-state index is 13.1. The van der Waals surface area contributed by atoms with Gasteiger partial charge in [0.15, 0.2) is 6.10 Å². The van der Waals surface area contributed by atoms with Crippen LogP contribution < -0.4 is 14.8 Å². The molecule has 0 unspecified atom stereocenters. The predicted octanol–water partition coefficient (Wildman–Crippen LogP) is 0.915. The van der Waals surface area contributed by atoms with Crippen molar-refractivity contribution in [2.45, 2.75) is 11.0 Å². The van der Waals surface area contributed by atoms with Gasteiger partial charge in [-0.2, -0.15) is 0 Å². The number of nitrogens with two attached hydrogens (primary N) is 1. The minimum absolute atomic E-state index is 0.0370. The van der Waals surface area contributed by atoms with Gasteiger partial charge in [-0.15, -0.1) is 0 Å². The fourth-order valence-corrected chi connectivity index (χ4v) is 4.06. The second-order valence-electron chi connectivity index (χ2n) is 5.53. The van der Waals surface area contributed by atoms with Crippen LogP contribution in [0.3, 0.4) is 0 Å². The summed E-state index contributed by atoms with van der Waals surface area (Å²) in [5.41, 5.74) is 5.83. The lowest BCUT2D eigenvalue weighted by Gasteiger charge is -2.34. The SMILES string of the molecule is COC(=O)c1ccc(S(=O)(=O)N2C[C@H](C(N)=O)Oc3ccccc32)cc1. The topological polar surface area (TPSA) is 116 Å². The Morgan fingerprint density at radius 3 is 2.42 bits per heavy atom. The van der Waals surface area contributed by atoms with Crippen molar-refractivity contribution in [3.05, 3.63) is 54.1 Å². The number of benzene rings is 2. The molecular formula is C17H16N2O6S. The number of para-hydroxylation sites is 2. The largest absolute Gasteiger partial charge is 0.476 e. The van der Waals surface area contributed by atoms with Crippen molar-refractivity contribution in [1.29, 1.82) is 0 Å². The van der Waals surface area contributed by atoms with E-state index in [1.807, 2.05) is 0 Å². The van der Waals surface area contributed by atoms with E-state index in [0.29, 0.717) is 5.69 Å². The van der Waals surface area contributed by atoms with Crippen molar-refractivity contribution in [2.24, 2.45) is 5.73 Å². The second-order valence-corrected chi connectivity index (χ2v) is 7.39. The van der Waals surface area contributed by atoms with Gasteiger partial charge in [-0.1, -0.05) is 12.1 Å². The lowest BCUT2D eigenvalue weighted by atomic mass is 10.2. The zero-order valence-electron chi connectivity index (χ0n) is 13.8. The molecule has 1 aliphatic rings. The van der Waals surface area contributed by atoms with E-state index in [1.54, 1.807) is 24.3 Å². The molecule has 1 amide bonds. The number of fused-ring (bicyclic) bond motifs is 1. The summed E-state index contributed by atoms with van der Waals surface area (Å²) in [5, 5.41) is 0. The molecule has 0 spiro atoms. The third-order valence-electron chi connectivity index (χ3n) is 3.92. The van der Waals surface area contributed by atoms with Crippen LogP contribution in [-0.4, -0.2) is 40.1 Å². The first-order valence-electron chi connectivity index (χ1n) is 7.60. The predicted molar refractivity (Wildman–Crippen MR) is 92.4 cm³/mol. The Kier molecular flexibility index (Phi) is 4.56. The van der Waals surface area contributed by atoms with Crippen LogP contribution in [0.5, 0.6) is 5.75 Å². The number of hydrogen-bond donors (Lipinski definition) is 1. The number of sulfonamides is 1. The number of ether oxygens (including phenoxy) is 2. The average molecular weight is 376 g/mol. The number of carbonyl (C=O) groups excluding carboxylic acids is 2. The van der Waals surface area contributed by atoms with Crippen LogP contribution in [0.4, 0.5) is 5.69 Å². The zero-order chi connectivity index (χ0) is 18.9. The first kappa shape index (κ1) is 17.7. The number of rotatable bonds is 4. The van der Waals surface area contributed by atoms with Crippen LogP contribution in [0.1, 0.15) is 10.4 Å². The Balaban J connectivity index is 2.03. The lowest BCUT2D eigenvalue weighted by molar-refractivity contribution is -0.124. The van der Waals surface area contributed by atoms with E-state index >= 15 is 0 Å². The molecule has 0 radical (unpaired) electrons. The normalized spacial score (nSPS) is 16.3. The number of carbonyl (C=O) groups is 2. The molecule has 9 heteroatoms. The summed E-state index contributed by atoms with van der Waals surface area (Å²) < 4.78 is 37.3. The molecule has 26 heavy (non-hydrogen) atoms. The van der Waals surface area contributed by atoms with Crippen LogP contribution >= 0.6 is 0 Å². The van der Waals surface area contributed by atoms with E-state index in [0.717, 1.165) is 4.31 Å². The molecule has 2 aromatic carbocycles. The van der Waals surface area contributed by atoms with Crippen molar-refractivity contribution in [2.75, 3.05) is 18.0 Å². The van der Waals surface area contributed by atoms with Crippen LogP contribution in [0.25, 0.3) is 0 Å². The van der Waals surface area contributed by atoms with Crippen molar-refractivity contribution in [3.63, 3.8) is 0 Å². The number of anilines is 1. The smallest absolute Gasteiger partial charge is 0.337 e. The third-order valence-corrected chi connectivity index (χ3v) is 5.71. The van der Waals surface area contributed by atoms with E-state index in [-0.39, 0.29) is 22.8 Å². The Morgan fingerprint density at radius 2 is 1.81 bits per heavy atom. The van der Waals surface area contributed by atoms with Crippen molar-refractivity contribution in [1.82, 2.24) is 0 Å². The molecule has 136 valence electrons. The summed E-state index contributed by atoms with van der Waals surface area (Å²) in [4.78, 5) is 23.0. The first-order valence-corrected chi connectivity index (χ1v) is 9.04. The van der Waals surface area contributed by atoms with Crippen LogP contribution in [0, 0.1) is 0 Å². The molecular weight excluding hydrogens is 360 g/mol. The zero-order valence-corrected chi connectivity index (χ0v) is 14.6. The minimum Gasteiger partial charge on any atom is -0.476 e. The maximum Gasteiger partial charge on any atom is 0.337 e. The molecule has 0 fully saturated rings. The highest BCUT2D eigenvalue weighted by molar-refractivity contribution is 7.92. The monoisotopic (exact) mass is 376 g/mol. The van der Waals surface area contributed by atoms with Crippen molar-refractivity contribution >= 4 is 27.6 Å². The van der Waals surface area contributed by atoms with Gasteiger partial charge in [-0.3, -0.25) is 9.10 Å². The molecule has 2 N–H and O–H groups in total. The van der Waals surface area contributed by atoms with Crippen LogP contribution in [0.2, 0.25) is 0 Å². The van der Waals surface area contributed by atoms with E-state index in [9.17, 15) is 18.0 Å². The van der Waals surface area contributed by atoms with Crippen molar-refractivity contribution in [3.8, 4) is 5.75 Å². The average Bonchev–Trinajstić information content (AvgIpc) is 2.66. The first-order chi connectivity index (χ1) is 12.3. The summed E-state index contributed by atoms with van der Waals surface area (Å²) in [6.07, 6.45) is -1.10. The van der Waals surface area contributed by atoms with Gasteiger partial charge in [-0.25, -0.2) is 13.2 Å². The summed E-state index contributed by atoms with van der Waals surface area (Å²) in [5.74, 6) is -1.09. The van der Waals surface area contributed by atoms with Crippen molar-refractivity contribution < 1.29 is 27.5 Å². The molecule has 0 saturated heterocycles. The highest BCUT2D eigenvalue weighted by Gasteiger charge is 2.36. The standard InChI is InChI=1S/C17H16N2O6S/c1-24-17(21)11-6-8-12(9-7-11)26(22,23)19-10-15(16(18)20)25-14-5-3-2-4-13(14)19/h2-9,15H,10H2,1H3,(H2,18,20)/t15-/m1/s1. The van der Waals surface area contributed by atoms with Gasteiger partial charge in [0.05, 0.1) is 29.8 Å². The number of hydrogen-bond acceptors (Lipinski definition) is 6. The van der Waals surface area contributed by atoms with E-state index < -0.39 is 28.0 Å². The molecule has 1 aliphatic heterocycles. The van der Waals surface area contributed by atoms with Gasteiger partial charge in [0.2, 0.25) is 0 Å². The van der Waals surface area contributed by atoms with Gasteiger partial charge in [0, 0.05) is 0 Å². The van der Waals surface area contributed by atoms with Crippen LogP contribution in [-0.2, 0) is 19.6 Å². The summed E-state index contributed by atoms with van der Waals surface area (Å²) in [6, 6.07) is 11.8. The number of nitrogens with zero attached hydrogens (tertiary/aromatic N) is 1. The molecule has 1 atom stereocenters. The maximum atomic E-state index is 13.1. The van der Waals surface area contributed by atoms with E-state index in [2.05, 4.69) is 4.74 Å². The number of esters is 1. The van der Waals surface area contributed by atoms with Gasteiger partial charge >= 0.3 is 5.97 Å². The Labute approximate surface area is 150 Å². The molecule has 0 aliphatic carbocycles. The quantitative estimate of drug-likeness (QED) is 0.793. The van der Waals surface area contributed by atoms with Gasteiger partial charge < -0.3 is 15.2 Å². The second kappa shape index (κ2) is 6.68. The summed E-state index contributed by atoms with van der Waals surface area (Å²) in [6.45, 7) is -0.243. The summed E-state index contributed by atoms with van der Waals surface area (Å²) in [7, 11) is -2.76. The van der Waals surface area contributed by atoms with E-state index in [4.69, 9.17) is 10.5 Å². The highest BCUT2D eigenvalue weighted by atomic mass is 32.2. The number of amides is 1. The molecule has 2 aromatic rings. The number of methoxy groups -OCH3 is 1. The summed E-state index contributed by atoms with van der Waals surface area (Å²) >= 11 is 0. The highest BCUT2D eigenvalue weighted by Crippen LogP contribution is 2.36. The van der Waals surface area contributed by atoms with Gasteiger partial charge in [0.1, 0.15) is 5.75 Å². The molecule has 3 rings (SSSR count). The minimum atomic E-state index is -4.00. The number of primary amides is 1. The Morgan fingerprint density at radius 1 is 1.15 bits per heavy atom.